The van der Waals surface area contributed by atoms with Crippen LogP contribution in [0.4, 0.5) is 13.2 Å². The lowest BCUT2D eigenvalue weighted by Crippen LogP contribution is -2.09. The Morgan fingerprint density at radius 2 is 1.77 bits per heavy atom. The number of rotatable bonds is 3. The molecule has 0 saturated heterocycles. The topological polar surface area (TPSA) is 67.5 Å². The highest BCUT2D eigenvalue weighted by atomic mass is 19.4. The summed E-state index contributed by atoms with van der Waals surface area (Å²) in [5.41, 5.74) is 1.42. The number of pyridine rings is 1. The molecule has 5 rings (SSSR count). The van der Waals surface area contributed by atoms with E-state index in [1.807, 2.05) is 12.2 Å². The van der Waals surface area contributed by atoms with Crippen LogP contribution in [-0.4, -0.2) is 26.4 Å². The summed E-state index contributed by atoms with van der Waals surface area (Å²) in [6.07, 6.45) is 0.257. The predicted molar refractivity (Wildman–Crippen MR) is 105 cm³/mol. The molecule has 0 fully saturated rings. The van der Waals surface area contributed by atoms with E-state index in [0.29, 0.717) is 22.4 Å². The van der Waals surface area contributed by atoms with Crippen molar-refractivity contribution in [2.75, 3.05) is 6.61 Å². The van der Waals surface area contributed by atoms with Crippen LogP contribution in [0.25, 0.3) is 16.6 Å². The number of hydrogen-bond donors (Lipinski definition) is 2. The number of nitrogens with zero attached hydrogens (tertiary/aromatic N) is 2. The van der Waals surface area contributed by atoms with Gasteiger partial charge in [-0.15, -0.1) is 0 Å². The number of halogens is 3. The van der Waals surface area contributed by atoms with Crippen molar-refractivity contribution in [3.05, 3.63) is 52.6 Å². The van der Waals surface area contributed by atoms with Gasteiger partial charge in [0.05, 0.1) is 23.4 Å². The molecule has 0 amide bonds. The molecule has 2 bridgehead atoms. The van der Waals surface area contributed by atoms with Crippen molar-refractivity contribution in [1.82, 2.24) is 9.55 Å². The fourth-order valence-corrected chi connectivity index (χ4v) is 4.76. The Bertz CT molecular complexity index is 1190. The standard InChI is InChI=1S/C22H19F3N2O3/c1-3-30-16-9-14(22(23,24)25)13-6-7-15(10(2)19(13)26-16)27-20(28)17-11-4-5-12(8-11)18(17)21(27)29/h4-7,9,11-12,28-29H,3,8H2,1-2H3/t11-,12+. The highest BCUT2D eigenvalue weighted by Crippen LogP contribution is 2.57. The van der Waals surface area contributed by atoms with Gasteiger partial charge in [0.25, 0.3) is 0 Å². The summed E-state index contributed by atoms with van der Waals surface area (Å²) in [7, 11) is 0. The first-order chi connectivity index (χ1) is 14.2. The Labute approximate surface area is 170 Å². The minimum absolute atomic E-state index is 0.0393. The van der Waals surface area contributed by atoms with Gasteiger partial charge in [-0.25, -0.2) is 4.98 Å². The Balaban J connectivity index is 1.76. The van der Waals surface area contributed by atoms with Crippen LogP contribution >= 0.6 is 0 Å². The smallest absolute Gasteiger partial charge is 0.417 e. The first-order valence-corrected chi connectivity index (χ1v) is 9.71. The van der Waals surface area contributed by atoms with E-state index in [9.17, 15) is 23.4 Å². The molecule has 2 atom stereocenters. The van der Waals surface area contributed by atoms with Gasteiger partial charge in [0.2, 0.25) is 17.6 Å². The van der Waals surface area contributed by atoms with Gasteiger partial charge in [-0.3, -0.25) is 4.57 Å². The van der Waals surface area contributed by atoms with Gasteiger partial charge in [-0.1, -0.05) is 18.2 Å². The summed E-state index contributed by atoms with van der Waals surface area (Å²) < 4.78 is 47.5. The maximum Gasteiger partial charge on any atom is 0.417 e. The van der Waals surface area contributed by atoms with Crippen LogP contribution in [0.1, 0.15) is 47.4 Å². The molecular formula is C22H19F3N2O3. The first-order valence-electron chi connectivity index (χ1n) is 9.71. The highest BCUT2D eigenvalue weighted by molar-refractivity contribution is 5.89. The third-order valence-corrected chi connectivity index (χ3v) is 6.04. The molecular weight excluding hydrogens is 397 g/mol. The van der Waals surface area contributed by atoms with Crippen molar-refractivity contribution < 1.29 is 28.1 Å². The van der Waals surface area contributed by atoms with Crippen molar-refractivity contribution >= 4 is 10.9 Å². The second kappa shape index (κ2) is 6.17. The quantitative estimate of drug-likeness (QED) is 0.569. The first kappa shape index (κ1) is 18.8. The summed E-state index contributed by atoms with van der Waals surface area (Å²) in [4.78, 5) is 4.28. The van der Waals surface area contributed by atoms with Gasteiger partial charge in [0, 0.05) is 34.4 Å². The lowest BCUT2D eigenvalue weighted by molar-refractivity contribution is -0.136. The zero-order valence-electron chi connectivity index (χ0n) is 16.3. The van der Waals surface area contributed by atoms with E-state index in [2.05, 4.69) is 4.98 Å². The average Bonchev–Trinajstić information content (AvgIpc) is 3.36. The zero-order valence-corrected chi connectivity index (χ0v) is 16.3. The average molecular weight is 416 g/mol. The molecule has 0 spiro atoms. The number of aromatic hydroxyl groups is 2. The molecule has 0 saturated carbocycles. The third-order valence-electron chi connectivity index (χ3n) is 6.04. The van der Waals surface area contributed by atoms with Crippen molar-refractivity contribution in [3.63, 3.8) is 0 Å². The van der Waals surface area contributed by atoms with E-state index in [4.69, 9.17) is 4.74 Å². The van der Waals surface area contributed by atoms with Crippen LogP contribution in [0.2, 0.25) is 0 Å². The van der Waals surface area contributed by atoms with Crippen LogP contribution in [0, 0.1) is 6.92 Å². The number of hydrogen-bond acceptors (Lipinski definition) is 4. The van der Waals surface area contributed by atoms with Gasteiger partial charge in [0.1, 0.15) is 0 Å². The number of benzene rings is 1. The molecule has 0 unspecified atom stereocenters. The molecule has 1 aromatic carbocycles. The number of aromatic nitrogens is 2. The van der Waals surface area contributed by atoms with Crippen molar-refractivity contribution in [1.29, 1.82) is 0 Å². The summed E-state index contributed by atoms with van der Waals surface area (Å²) in [6, 6.07) is 3.69. The SMILES string of the molecule is CCOc1cc(C(F)(F)F)c2ccc(-n3c(O)c4c(c3O)[C@H]3C=C[C@@H]4C3)c(C)c2n1. The second-order valence-electron chi connectivity index (χ2n) is 7.69. The lowest BCUT2D eigenvalue weighted by Gasteiger charge is -2.17. The van der Waals surface area contributed by atoms with Gasteiger partial charge < -0.3 is 14.9 Å². The maximum absolute atomic E-state index is 13.6. The van der Waals surface area contributed by atoms with Gasteiger partial charge in [0.15, 0.2) is 0 Å². The van der Waals surface area contributed by atoms with E-state index < -0.39 is 11.7 Å². The van der Waals surface area contributed by atoms with Gasteiger partial charge in [-0.05, 0) is 31.9 Å². The second-order valence-corrected chi connectivity index (χ2v) is 7.69. The molecule has 156 valence electrons. The third kappa shape index (κ3) is 2.45. The highest BCUT2D eigenvalue weighted by Gasteiger charge is 2.41. The molecule has 0 radical (unpaired) electrons. The molecule has 3 aromatic rings. The number of alkyl halides is 3. The van der Waals surface area contributed by atoms with Gasteiger partial charge >= 0.3 is 6.18 Å². The molecule has 2 N–H and O–H groups in total. The maximum atomic E-state index is 13.6. The Morgan fingerprint density at radius 3 is 2.33 bits per heavy atom. The summed E-state index contributed by atoms with van der Waals surface area (Å²) in [5.74, 6) is -0.212. The van der Waals surface area contributed by atoms with Crippen molar-refractivity contribution in [3.8, 4) is 23.3 Å². The lowest BCUT2D eigenvalue weighted by atomic mass is 10.0. The van der Waals surface area contributed by atoms with Crippen molar-refractivity contribution in [2.24, 2.45) is 0 Å². The molecule has 8 heteroatoms. The minimum Gasteiger partial charge on any atom is -0.494 e. The minimum atomic E-state index is -4.58. The van der Waals surface area contributed by atoms with Crippen LogP contribution in [0.3, 0.4) is 0 Å². The molecule has 5 nitrogen and oxygen atoms in total. The fourth-order valence-electron chi connectivity index (χ4n) is 4.76. The van der Waals surface area contributed by atoms with E-state index in [1.54, 1.807) is 13.8 Å². The summed E-state index contributed by atoms with van der Waals surface area (Å²) in [6.45, 7) is 3.47. The monoisotopic (exact) mass is 416 g/mol. The predicted octanol–water partition coefficient (Wildman–Crippen LogP) is 5.30. The molecule has 2 aromatic heterocycles. The molecule has 2 aliphatic rings. The van der Waals surface area contributed by atoms with E-state index in [1.165, 1.54) is 16.7 Å². The Hall–Kier alpha value is -3.16. The molecule has 0 aliphatic heterocycles. The van der Waals surface area contributed by atoms with Gasteiger partial charge in [-0.2, -0.15) is 13.2 Å². The molecule has 2 heterocycles. The number of allylic oxidation sites excluding steroid dienone is 2. The van der Waals surface area contributed by atoms with E-state index >= 15 is 0 Å². The Morgan fingerprint density at radius 1 is 1.13 bits per heavy atom. The van der Waals surface area contributed by atoms with Crippen LogP contribution in [-0.2, 0) is 6.18 Å². The van der Waals surface area contributed by atoms with Crippen LogP contribution in [0.15, 0.2) is 30.4 Å². The molecule has 2 aliphatic carbocycles. The number of fused-ring (bicyclic) bond motifs is 6. The van der Waals surface area contributed by atoms with Crippen molar-refractivity contribution in [2.45, 2.75) is 38.3 Å². The largest absolute Gasteiger partial charge is 0.494 e. The molecule has 30 heavy (non-hydrogen) atoms. The van der Waals surface area contributed by atoms with E-state index in [-0.39, 0.29) is 47.0 Å². The Kier molecular flexibility index (Phi) is 3.87. The van der Waals surface area contributed by atoms with Crippen LogP contribution in [0.5, 0.6) is 17.6 Å². The summed E-state index contributed by atoms with van der Waals surface area (Å²) >= 11 is 0. The zero-order chi connectivity index (χ0) is 21.4. The number of ether oxygens (including phenoxy) is 1. The fraction of sp³-hybridized carbons (Fsp3) is 0.318. The normalized spacial score (nSPS) is 19.6. The van der Waals surface area contributed by atoms with E-state index in [0.717, 1.165) is 12.5 Å². The number of aryl methyl sites for hydroxylation is 1. The summed E-state index contributed by atoms with van der Waals surface area (Å²) in [5, 5.41) is 21.7. The van der Waals surface area contributed by atoms with Crippen LogP contribution < -0.4 is 4.74 Å².